The van der Waals surface area contributed by atoms with Crippen LogP contribution in [0.15, 0.2) is 66.7 Å². The van der Waals surface area contributed by atoms with Crippen LogP contribution in [-0.4, -0.2) is 90.9 Å². The van der Waals surface area contributed by atoms with Crippen LogP contribution in [0.1, 0.15) is 36.2 Å². The van der Waals surface area contributed by atoms with Crippen molar-refractivity contribution in [2.24, 2.45) is 0 Å². The number of halogens is 6. The zero-order chi connectivity index (χ0) is 38.2. The van der Waals surface area contributed by atoms with Crippen LogP contribution in [0.4, 0.5) is 36.8 Å². The number of carbonyl (C=O) groups is 3. The van der Waals surface area contributed by atoms with Gasteiger partial charge in [-0.1, -0.05) is 48.6 Å². The van der Waals surface area contributed by atoms with Crippen LogP contribution in [0.2, 0.25) is 0 Å². The summed E-state index contributed by atoms with van der Waals surface area (Å²) in [4.78, 5) is 48.1. The first-order chi connectivity index (χ1) is 25.1. The van der Waals surface area contributed by atoms with Gasteiger partial charge in [0.15, 0.2) is 11.3 Å². The maximum atomic E-state index is 14.6. The molecule has 17 heteroatoms. The third kappa shape index (κ3) is 6.96. The molecular formula is C36H35F6N5O6. The average molecular weight is 748 g/mol. The number of carbonyl (C=O) groups excluding carboxylic acids is 3. The van der Waals surface area contributed by atoms with E-state index < -0.39 is 60.1 Å². The molecule has 2 saturated heterocycles. The number of rotatable bonds is 9. The Morgan fingerprint density at radius 1 is 0.943 bits per heavy atom. The predicted octanol–water partition coefficient (Wildman–Crippen LogP) is 5.54. The van der Waals surface area contributed by atoms with E-state index in [0.717, 1.165) is 17.0 Å². The fourth-order valence-electron chi connectivity index (χ4n) is 6.53. The number of pyridine rings is 1. The first-order valence-electron chi connectivity index (χ1n) is 16.6. The second-order valence-corrected chi connectivity index (χ2v) is 12.7. The van der Waals surface area contributed by atoms with Crippen molar-refractivity contribution in [3.8, 4) is 11.6 Å². The minimum absolute atomic E-state index is 0.0809. The molecule has 0 radical (unpaired) electrons. The van der Waals surface area contributed by atoms with Crippen molar-refractivity contribution < 1.29 is 54.9 Å². The van der Waals surface area contributed by atoms with Gasteiger partial charge in [0.2, 0.25) is 5.91 Å². The molecule has 4 amide bonds. The first kappa shape index (κ1) is 37.4. The summed E-state index contributed by atoms with van der Waals surface area (Å²) in [6.07, 6.45) is -8.85. The van der Waals surface area contributed by atoms with E-state index in [9.17, 15) is 40.7 Å². The lowest BCUT2D eigenvalue weighted by molar-refractivity contribution is -0.392. The van der Waals surface area contributed by atoms with Crippen molar-refractivity contribution in [1.82, 2.24) is 20.1 Å². The smallest absolute Gasteiger partial charge is 0.430 e. The van der Waals surface area contributed by atoms with Gasteiger partial charge in [0, 0.05) is 37.4 Å². The number of hydrogen-bond donors (Lipinski definition) is 1. The highest BCUT2D eigenvalue weighted by Gasteiger charge is 2.73. The molecule has 0 bridgehead atoms. The zero-order valence-corrected chi connectivity index (χ0v) is 28.6. The monoisotopic (exact) mass is 747 g/mol. The molecule has 2 aromatic carbocycles. The summed E-state index contributed by atoms with van der Waals surface area (Å²) in [6, 6.07) is 12.3. The van der Waals surface area contributed by atoms with Gasteiger partial charge >= 0.3 is 18.4 Å². The molecule has 53 heavy (non-hydrogen) atoms. The van der Waals surface area contributed by atoms with Crippen molar-refractivity contribution in [3.63, 3.8) is 0 Å². The van der Waals surface area contributed by atoms with E-state index in [-0.39, 0.29) is 55.5 Å². The van der Waals surface area contributed by atoms with Gasteiger partial charge in [-0.25, -0.2) is 9.78 Å². The minimum Gasteiger partial charge on any atom is -0.484 e. The van der Waals surface area contributed by atoms with Gasteiger partial charge in [-0.05, 0) is 49.2 Å². The summed E-state index contributed by atoms with van der Waals surface area (Å²) in [7, 11) is 0. The summed E-state index contributed by atoms with van der Waals surface area (Å²) < 4.78 is 103. The number of hydrogen-bond acceptors (Lipinski definition) is 8. The van der Waals surface area contributed by atoms with E-state index in [2.05, 4.69) is 10.3 Å². The van der Waals surface area contributed by atoms with E-state index in [4.69, 9.17) is 14.2 Å². The van der Waals surface area contributed by atoms with E-state index in [1.54, 1.807) is 24.0 Å². The molecular weight excluding hydrogens is 712 g/mol. The molecule has 0 spiro atoms. The molecule has 1 N–H and O–H groups in total. The van der Waals surface area contributed by atoms with Gasteiger partial charge in [0.05, 0.1) is 12.3 Å². The fraction of sp³-hybridized carbons (Fsp3) is 0.389. The normalized spacial score (nSPS) is 19.6. The summed E-state index contributed by atoms with van der Waals surface area (Å²) in [5.74, 6) is -0.666. The van der Waals surface area contributed by atoms with E-state index in [1.807, 2.05) is 0 Å². The van der Waals surface area contributed by atoms with Crippen molar-refractivity contribution >= 4 is 29.6 Å². The van der Waals surface area contributed by atoms with Gasteiger partial charge in [0.25, 0.3) is 17.4 Å². The Hall–Kier alpha value is -5.32. The number of fused-ring (bicyclic) bond motifs is 1. The molecule has 1 aromatic heterocycles. The van der Waals surface area contributed by atoms with E-state index in [1.165, 1.54) is 60.4 Å². The van der Waals surface area contributed by atoms with Crippen molar-refractivity contribution in [2.45, 2.75) is 43.9 Å². The van der Waals surface area contributed by atoms with Gasteiger partial charge in [-0.15, -0.1) is 0 Å². The summed E-state index contributed by atoms with van der Waals surface area (Å²) >= 11 is 0. The molecule has 1 atom stereocenters. The molecule has 3 aliphatic rings. The molecule has 2 fully saturated rings. The third-order valence-electron chi connectivity index (χ3n) is 9.34. The number of nitrogens with one attached hydrogen (secondary N) is 1. The number of benzene rings is 2. The minimum atomic E-state index is -5.87. The van der Waals surface area contributed by atoms with Gasteiger partial charge < -0.3 is 29.3 Å². The number of allylic oxidation sites excluding steroid dienone is 1. The number of piperazine rings is 1. The molecule has 0 saturated carbocycles. The maximum absolute atomic E-state index is 14.6. The number of alkyl halides is 6. The second-order valence-electron chi connectivity index (χ2n) is 12.7. The zero-order valence-electron chi connectivity index (χ0n) is 28.6. The van der Waals surface area contributed by atoms with Crippen molar-refractivity contribution in [1.29, 1.82) is 0 Å². The molecule has 0 aliphatic carbocycles. The van der Waals surface area contributed by atoms with E-state index in [0.29, 0.717) is 18.0 Å². The molecule has 6 rings (SSSR count). The molecule has 4 heterocycles. The molecule has 282 valence electrons. The quantitative estimate of drug-likeness (QED) is 0.225. The number of ether oxygens (including phenoxy) is 3. The van der Waals surface area contributed by atoms with Crippen LogP contribution in [0.5, 0.6) is 11.6 Å². The highest BCUT2D eigenvalue weighted by Crippen LogP contribution is 2.54. The Labute approximate surface area is 300 Å². The van der Waals surface area contributed by atoms with Crippen LogP contribution >= 0.6 is 0 Å². The van der Waals surface area contributed by atoms with Crippen LogP contribution in [0.3, 0.4) is 0 Å². The lowest BCUT2D eigenvalue weighted by Crippen LogP contribution is -2.56. The van der Waals surface area contributed by atoms with Crippen LogP contribution in [0.25, 0.3) is 6.08 Å². The number of nitrogens with zero attached hydrogens (tertiary/aromatic N) is 4. The van der Waals surface area contributed by atoms with Gasteiger partial charge in [-0.3, -0.25) is 14.5 Å². The summed E-state index contributed by atoms with van der Waals surface area (Å²) in [5.41, 5.74) is -6.59. The van der Waals surface area contributed by atoms with Crippen LogP contribution < -0.4 is 19.7 Å². The Kier molecular flexibility index (Phi) is 10.1. The highest BCUT2D eigenvalue weighted by molar-refractivity contribution is 6.09. The Morgan fingerprint density at radius 2 is 1.62 bits per heavy atom. The van der Waals surface area contributed by atoms with E-state index >= 15 is 0 Å². The first-order valence-corrected chi connectivity index (χ1v) is 16.6. The SMILES string of the molecule is CC=Cc1cc(C(OCc2ccccc2)(C(F)(F)F)C(F)(F)F)ccc1N1CCN(C(=O)CN2C(=O)NC(C)(c3ccc4c(n3)OCCO4)C2=O)CC1. The largest absolute Gasteiger partial charge is 0.484 e. The van der Waals surface area contributed by atoms with Crippen LogP contribution in [0, 0.1) is 0 Å². The standard InChI is InChI=1S/C36H35F6N5O6/c1-3-7-24-20-25(34(35(37,38)39,36(40,41)42)53-22-23-8-5-4-6-9-23)10-11-26(24)45-14-16-46(17-15-45)29(48)21-47-31(49)33(2,44-32(47)50)28-13-12-27-30(43-28)52-19-18-51-27/h3-13,20H,14-19,21-22H2,1-2H3,(H,44,50). The van der Waals surface area contributed by atoms with Crippen molar-refractivity contribution in [2.75, 3.05) is 50.8 Å². The molecule has 3 aliphatic heterocycles. The number of imide groups is 1. The molecule has 1 unspecified atom stereocenters. The topological polar surface area (TPSA) is 114 Å². The van der Waals surface area contributed by atoms with Gasteiger partial charge in [-0.2, -0.15) is 26.3 Å². The second kappa shape index (κ2) is 14.2. The van der Waals surface area contributed by atoms with Crippen molar-refractivity contribution in [3.05, 3.63) is 89.1 Å². The predicted molar refractivity (Wildman–Crippen MR) is 178 cm³/mol. The maximum Gasteiger partial charge on any atom is 0.430 e. The molecule has 3 aromatic rings. The highest BCUT2D eigenvalue weighted by atomic mass is 19.4. The number of amides is 4. The third-order valence-corrected chi connectivity index (χ3v) is 9.34. The number of aromatic nitrogens is 1. The van der Waals surface area contributed by atoms with Gasteiger partial charge in [0.1, 0.15) is 19.8 Å². The number of anilines is 1. The number of urea groups is 1. The lowest BCUT2D eigenvalue weighted by atomic mass is 9.89. The Bertz CT molecular complexity index is 1880. The molecule has 11 nitrogen and oxygen atoms in total. The summed E-state index contributed by atoms with van der Waals surface area (Å²) in [6.45, 7) is 2.62. The van der Waals surface area contributed by atoms with Crippen LogP contribution in [-0.2, 0) is 32.1 Å². The fourth-order valence-corrected chi connectivity index (χ4v) is 6.53. The lowest BCUT2D eigenvalue weighted by Gasteiger charge is -2.39. The Balaban J connectivity index is 1.16. The average Bonchev–Trinajstić information content (AvgIpc) is 3.34. The Morgan fingerprint density at radius 3 is 2.28 bits per heavy atom. The summed E-state index contributed by atoms with van der Waals surface area (Å²) in [5, 5.41) is 2.60.